The highest BCUT2D eigenvalue weighted by Gasteiger charge is 2.04. The highest BCUT2D eigenvalue weighted by atomic mass is 16.6. The molecule has 0 spiro atoms. The highest BCUT2D eigenvalue weighted by molar-refractivity contribution is 5.84. The number of para-hydroxylation sites is 2. The first kappa shape index (κ1) is 27.3. The van der Waals surface area contributed by atoms with E-state index in [4.69, 9.17) is 37.9 Å². The van der Waals surface area contributed by atoms with Gasteiger partial charge in [-0.15, -0.1) is 0 Å². The van der Waals surface area contributed by atoms with E-state index in [-0.39, 0.29) is 26.4 Å². The van der Waals surface area contributed by atoms with Gasteiger partial charge >= 0.3 is 11.9 Å². The van der Waals surface area contributed by atoms with Crippen LogP contribution >= 0.6 is 0 Å². The zero-order valence-corrected chi connectivity index (χ0v) is 19.2. The maximum Gasteiger partial charge on any atom is 0.330 e. The average molecular weight is 481 g/mol. The van der Waals surface area contributed by atoms with Crippen LogP contribution in [-0.2, 0) is 38.0 Å². The van der Waals surface area contributed by atoms with Crippen molar-refractivity contribution in [3.8, 4) is 11.5 Å². The SMILES string of the molecule is O=C1/C=C/C=C/C(=O)OCCOCCOCCOc2ccccc2OCCOCCOCCO1. The lowest BCUT2D eigenvalue weighted by molar-refractivity contribution is -0.140. The Morgan fingerprint density at radius 3 is 1.15 bits per heavy atom. The predicted molar refractivity (Wildman–Crippen MR) is 121 cm³/mol. The van der Waals surface area contributed by atoms with Crippen LogP contribution in [-0.4, -0.2) is 91.2 Å². The van der Waals surface area contributed by atoms with Crippen molar-refractivity contribution in [2.24, 2.45) is 0 Å². The molecule has 2 rings (SSSR count). The molecule has 34 heavy (non-hydrogen) atoms. The maximum atomic E-state index is 11.6. The number of fused-ring (bicyclic) bond motifs is 1. The van der Waals surface area contributed by atoms with Gasteiger partial charge in [0.2, 0.25) is 0 Å². The Kier molecular flexibility index (Phi) is 14.9. The summed E-state index contributed by atoms with van der Waals surface area (Å²) in [4.78, 5) is 23.1. The summed E-state index contributed by atoms with van der Waals surface area (Å²) in [6, 6.07) is 7.38. The minimum absolute atomic E-state index is 0.111. The fraction of sp³-hybridized carbons (Fsp3) is 0.500. The number of allylic oxidation sites excluding steroid dienone is 2. The summed E-state index contributed by atoms with van der Waals surface area (Å²) in [5.74, 6) is 0.171. The molecule has 0 fully saturated rings. The van der Waals surface area contributed by atoms with Gasteiger partial charge in [0, 0.05) is 12.2 Å². The Morgan fingerprint density at radius 2 is 0.765 bits per heavy atom. The van der Waals surface area contributed by atoms with Crippen molar-refractivity contribution in [3.05, 3.63) is 48.6 Å². The van der Waals surface area contributed by atoms with E-state index in [0.717, 1.165) is 0 Å². The number of hydrogen-bond acceptors (Lipinski definition) is 10. The number of benzene rings is 1. The molecule has 0 saturated heterocycles. The smallest absolute Gasteiger partial charge is 0.330 e. The summed E-state index contributed by atoms with van der Waals surface area (Å²) in [6.07, 6.45) is 5.19. The zero-order valence-electron chi connectivity index (χ0n) is 19.2. The molecule has 0 aliphatic carbocycles. The minimum atomic E-state index is -0.539. The summed E-state index contributed by atoms with van der Waals surface area (Å²) in [5, 5.41) is 0. The lowest BCUT2D eigenvalue weighted by atomic mass is 10.3. The van der Waals surface area contributed by atoms with Crippen LogP contribution in [0, 0.1) is 0 Å². The fourth-order valence-corrected chi connectivity index (χ4v) is 2.52. The Morgan fingerprint density at radius 1 is 0.441 bits per heavy atom. The van der Waals surface area contributed by atoms with Crippen molar-refractivity contribution in [2.75, 3.05) is 79.3 Å². The van der Waals surface area contributed by atoms with Gasteiger partial charge in [-0.05, 0) is 12.1 Å². The molecule has 10 nitrogen and oxygen atoms in total. The molecule has 1 aromatic carbocycles. The van der Waals surface area contributed by atoms with Crippen molar-refractivity contribution in [3.63, 3.8) is 0 Å². The van der Waals surface area contributed by atoms with Gasteiger partial charge in [-0.1, -0.05) is 24.3 Å². The van der Waals surface area contributed by atoms with Crippen molar-refractivity contribution in [1.29, 1.82) is 0 Å². The van der Waals surface area contributed by atoms with Gasteiger partial charge in [-0.2, -0.15) is 0 Å². The van der Waals surface area contributed by atoms with Crippen LogP contribution in [0.5, 0.6) is 11.5 Å². The molecule has 0 N–H and O–H groups in total. The summed E-state index contributed by atoms with van der Waals surface area (Å²) < 4.78 is 43.1. The standard InChI is InChI=1S/C24H32O10/c25-23-7-3-4-8-24(26)34-20-16-30-12-10-28-14-18-32-22-6-2-1-5-21(22)31-17-13-27-9-11-29-15-19-33-23/h1-8H,9-20H2/b7-3+,8-4+. The van der Waals surface area contributed by atoms with Crippen LogP contribution in [0.2, 0.25) is 0 Å². The Labute approximate surface area is 199 Å². The normalized spacial score (nSPS) is 21.2. The Balaban J connectivity index is 1.75. The molecule has 0 amide bonds. The van der Waals surface area contributed by atoms with Crippen molar-refractivity contribution >= 4 is 11.9 Å². The van der Waals surface area contributed by atoms with E-state index >= 15 is 0 Å². The highest BCUT2D eigenvalue weighted by Crippen LogP contribution is 2.26. The molecule has 1 aromatic rings. The third-order valence-corrected chi connectivity index (χ3v) is 4.08. The van der Waals surface area contributed by atoms with Crippen molar-refractivity contribution in [1.82, 2.24) is 0 Å². The maximum absolute atomic E-state index is 11.6. The number of cyclic esters (lactones) is 2. The number of ether oxygens (including phenoxy) is 8. The number of rotatable bonds is 0. The third kappa shape index (κ3) is 13.6. The third-order valence-electron chi connectivity index (χ3n) is 4.08. The summed E-state index contributed by atoms with van der Waals surface area (Å²) in [7, 11) is 0. The monoisotopic (exact) mass is 480 g/mol. The number of esters is 2. The molecule has 1 heterocycles. The Bertz CT molecular complexity index is 699. The van der Waals surface area contributed by atoms with Gasteiger partial charge in [-0.3, -0.25) is 0 Å². The molecule has 0 atom stereocenters. The zero-order chi connectivity index (χ0) is 24.1. The second-order valence-electron chi connectivity index (χ2n) is 6.65. The lowest BCUT2D eigenvalue weighted by Gasteiger charge is -2.13. The van der Waals surface area contributed by atoms with Crippen LogP contribution in [0.4, 0.5) is 0 Å². The van der Waals surface area contributed by atoms with Crippen LogP contribution < -0.4 is 9.47 Å². The van der Waals surface area contributed by atoms with Gasteiger partial charge in [0.1, 0.15) is 26.4 Å². The van der Waals surface area contributed by atoms with Gasteiger partial charge in [0.05, 0.1) is 52.9 Å². The largest absolute Gasteiger partial charge is 0.487 e. The lowest BCUT2D eigenvalue weighted by Crippen LogP contribution is -2.15. The minimum Gasteiger partial charge on any atom is -0.487 e. The molecule has 0 bridgehead atoms. The molecular formula is C24H32O10. The number of carbonyl (C=O) groups is 2. The van der Waals surface area contributed by atoms with Gasteiger partial charge < -0.3 is 37.9 Å². The van der Waals surface area contributed by atoms with E-state index in [1.165, 1.54) is 24.3 Å². The van der Waals surface area contributed by atoms with E-state index < -0.39 is 11.9 Å². The second kappa shape index (κ2) is 18.5. The molecule has 0 unspecified atom stereocenters. The second-order valence-corrected chi connectivity index (χ2v) is 6.65. The van der Waals surface area contributed by atoms with Gasteiger partial charge in [-0.25, -0.2) is 9.59 Å². The first-order valence-corrected chi connectivity index (χ1v) is 11.1. The van der Waals surface area contributed by atoms with E-state index in [9.17, 15) is 9.59 Å². The quantitative estimate of drug-likeness (QED) is 0.509. The molecule has 0 radical (unpaired) electrons. The summed E-state index contributed by atoms with van der Waals surface area (Å²) >= 11 is 0. The summed E-state index contributed by atoms with van der Waals surface area (Å²) in [5.41, 5.74) is 0. The molecule has 188 valence electrons. The van der Waals surface area contributed by atoms with E-state index in [0.29, 0.717) is 64.4 Å². The van der Waals surface area contributed by atoms with Crippen molar-refractivity contribution < 1.29 is 47.5 Å². The average Bonchev–Trinajstić information content (AvgIpc) is 2.84. The van der Waals surface area contributed by atoms with E-state index in [2.05, 4.69) is 0 Å². The van der Waals surface area contributed by atoms with Gasteiger partial charge in [0.25, 0.3) is 0 Å². The van der Waals surface area contributed by atoms with Crippen LogP contribution in [0.15, 0.2) is 48.6 Å². The van der Waals surface area contributed by atoms with Gasteiger partial charge in [0.15, 0.2) is 11.5 Å². The van der Waals surface area contributed by atoms with E-state index in [1.807, 2.05) is 24.3 Å². The Hall–Kier alpha value is -2.92. The first-order valence-electron chi connectivity index (χ1n) is 11.1. The topological polar surface area (TPSA) is 108 Å². The molecule has 0 aromatic heterocycles. The molecule has 0 saturated carbocycles. The number of carbonyl (C=O) groups excluding carboxylic acids is 2. The molecule has 10 heteroatoms. The van der Waals surface area contributed by atoms with Crippen LogP contribution in [0.25, 0.3) is 0 Å². The first-order chi connectivity index (χ1) is 16.8. The van der Waals surface area contributed by atoms with E-state index in [1.54, 1.807) is 0 Å². The predicted octanol–water partition coefficient (Wildman–Crippen LogP) is 1.72. The molecular weight excluding hydrogens is 448 g/mol. The number of hydrogen-bond donors (Lipinski definition) is 0. The summed E-state index contributed by atoms with van der Waals surface area (Å²) in [6.45, 7) is 3.73. The van der Waals surface area contributed by atoms with Crippen LogP contribution in [0.3, 0.4) is 0 Å². The van der Waals surface area contributed by atoms with Crippen molar-refractivity contribution in [2.45, 2.75) is 0 Å². The molecule has 1 aliphatic rings. The van der Waals surface area contributed by atoms with Crippen LogP contribution in [0.1, 0.15) is 0 Å². The fourth-order valence-electron chi connectivity index (χ4n) is 2.52. The molecule has 1 aliphatic heterocycles.